The molecule has 2 saturated carbocycles. The van der Waals surface area contributed by atoms with Crippen molar-refractivity contribution in [2.24, 2.45) is 11.3 Å². The zero-order valence-electron chi connectivity index (χ0n) is 14.8. The summed E-state index contributed by atoms with van der Waals surface area (Å²) in [5.74, 6) is 0.821. The van der Waals surface area contributed by atoms with Crippen LogP contribution in [0.15, 0.2) is 0 Å². The molecule has 0 spiro atoms. The van der Waals surface area contributed by atoms with Gasteiger partial charge in [-0.3, -0.25) is 0 Å². The minimum Gasteiger partial charge on any atom is -0.370 e. The molecule has 0 amide bonds. The Morgan fingerprint density at radius 1 is 1.10 bits per heavy atom. The number of hydrogen-bond acceptors (Lipinski definition) is 2. The second-order valence-electron chi connectivity index (χ2n) is 8.54. The first-order chi connectivity index (χ1) is 9.95. The molecule has 1 N–H and O–H groups in total. The Balaban J connectivity index is 1.92. The Hall–Kier alpha value is -0.0800. The molecule has 2 nitrogen and oxygen atoms in total. The molecule has 0 saturated heterocycles. The molecule has 0 radical (unpaired) electrons. The summed E-state index contributed by atoms with van der Waals surface area (Å²) in [5, 5.41) is 3.65. The summed E-state index contributed by atoms with van der Waals surface area (Å²) in [6.45, 7) is 11.6. The van der Waals surface area contributed by atoms with Crippen LogP contribution in [-0.2, 0) is 4.74 Å². The van der Waals surface area contributed by atoms with Gasteiger partial charge < -0.3 is 10.1 Å². The summed E-state index contributed by atoms with van der Waals surface area (Å²) in [6, 6.07) is 0. The van der Waals surface area contributed by atoms with Crippen LogP contribution in [0.1, 0.15) is 85.5 Å². The molecule has 2 aliphatic carbocycles. The van der Waals surface area contributed by atoms with Gasteiger partial charge >= 0.3 is 0 Å². The average Bonchev–Trinajstić information content (AvgIpc) is 2.42. The van der Waals surface area contributed by atoms with Gasteiger partial charge in [0.2, 0.25) is 0 Å². The Bertz CT molecular complexity index is 305. The van der Waals surface area contributed by atoms with Gasteiger partial charge in [-0.1, -0.05) is 40.5 Å². The van der Waals surface area contributed by atoms with Crippen LogP contribution in [0.5, 0.6) is 0 Å². The van der Waals surface area contributed by atoms with E-state index in [1.807, 2.05) is 0 Å². The molecular weight excluding hydrogens is 258 g/mol. The summed E-state index contributed by atoms with van der Waals surface area (Å²) < 4.78 is 6.77. The molecule has 0 aromatic carbocycles. The lowest BCUT2D eigenvalue weighted by molar-refractivity contribution is -0.136. The van der Waals surface area contributed by atoms with E-state index in [-0.39, 0.29) is 5.60 Å². The smallest absolute Gasteiger partial charge is 0.0812 e. The molecule has 0 aromatic rings. The third-order valence-corrected chi connectivity index (χ3v) is 5.63. The van der Waals surface area contributed by atoms with E-state index >= 15 is 0 Å². The second kappa shape index (κ2) is 7.46. The quantitative estimate of drug-likeness (QED) is 0.702. The predicted octanol–water partition coefficient (Wildman–Crippen LogP) is 4.92. The van der Waals surface area contributed by atoms with Crippen LogP contribution in [0, 0.1) is 11.3 Å². The first-order valence-electron chi connectivity index (χ1n) is 9.33. The summed E-state index contributed by atoms with van der Waals surface area (Å²) in [4.78, 5) is 0. The van der Waals surface area contributed by atoms with E-state index in [0.717, 1.165) is 19.0 Å². The Kier molecular flexibility index (Phi) is 6.14. The molecule has 0 aromatic heterocycles. The normalized spacial score (nSPS) is 34.0. The number of ether oxygens (including phenoxy) is 1. The van der Waals surface area contributed by atoms with Crippen molar-refractivity contribution in [2.45, 2.75) is 97.2 Å². The van der Waals surface area contributed by atoms with Crippen molar-refractivity contribution in [1.29, 1.82) is 0 Å². The Morgan fingerprint density at radius 2 is 1.81 bits per heavy atom. The fraction of sp³-hybridized carbons (Fsp3) is 1.00. The van der Waals surface area contributed by atoms with E-state index in [1.54, 1.807) is 0 Å². The van der Waals surface area contributed by atoms with Crippen molar-refractivity contribution < 1.29 is 4.74 Å². The monoisotopic (exact) mass is 295 g/mol. The van der Waals surface area contributed by atoms with Gasteiger partial charge in [0, 0.05) is 6.54 Å². The highest BCUT2D eigenvalue weighted by Gasteiger charge is 2.39. The molecule has 0 bridgehead atoms. The zero-order chi connectivity index (χ0) is 15.3. The van der Waals surface area contributed by atoms with Crippen molar-refractivity contribution >= 4 is 0 Å². The van der Waals surface area contributed by atoms with E-state index in [1.165, 1.54) is 57.8 Å². The molecule has 2 heteroatoms. The predicted molar refractivity (Wildman–Crippen MR) is 90.6 cm³/mol. The minimum absolute atomic E-state index is 0.124. The maximum atomic E-state index is 6.77. The van der Waals surface area contributed by atoms with Gasteiger partial charge in [-0.15, -0.1) is 0 Å². The number of rotatable bonds is 6. The minimum atomic E-state index is 0.124. The SMILES string of the molecule is CCCNCC1(OC2CCC(C)(C)CC2)CCCC(C)C1. The lowest BCUT2D eigenvalue weighted by atomic mass is 9.75. The van der Waals surface area contributed by atoms with Gasteiger partial charge in [-0.25, -0.2) is 0 Å². The van der Waals surface area contributed by atoms with Gasteiger partial charge in [0.05, 0.1) is 11.7 Å². The molecule has 2 aliphatic rings. The van der Waals surface area contributed by atoms with Crippen molar-refractivity contribution in [3.63, 3.8) is 0 Å². The van der Waals surface area contributed by atoms with E-state index in [2.05, 4.69) is 33.0 Å². The maximum absolute atomic E-state index is 6.77. The van der Waals surface area contributed by atoms with E-state index < -0.39 is 0 Å². The second-order valence-corrected chi connectivity index (χ2v) is 8.54. The molecule has 2 unspecified atom stereocenters. The van der Waals surface area contributed by atoms with Crippen LogP contribution >= 0.6 is 0 Å². The van der Waals surface area contributed by atoms with Crippen molar-refractivity contribution in [2.75, 3.05) is 13.1 Å². The third-order valence-electron chi connectivity index (χ3n) is 5.63. The summed E-state index contributed by atoms with van der Waals surface area (Å²) in [7, 11) is 0. The molecular formula is C19H37NO. The van der Waals surface area contributed by atoms with Crippen molar-refractivity contribution in [1.82, 2.24) is 5.32 Å². The molecule has 2 atom stereocenters. The number of nitrogens with one attached hydrogen (secondary N) is 1. The molecule has 2 rings (SSSR count). The summed E-state index contributed by atoms with van der Waals surface area (Å²) in [6.07, 6.45) is 12.1. The lowest BCUT2D eigenvalue weighted by Gasteiger charge is -2.45. The highest BCUT2D eigenvalue weighted by molar-refractivity contribution is 4.91. The largest absolute Gasteiger partial charge is 0.370 e. The Morgan fingerprint density at radius 3 is 2.43 bits per heavy atom. The highest BCUT2D eigenvalue weighted by Crippen LogP contribution is 2.41. The third kappa shape index (κ3) is 5.25. The van der Waals surface area contributed by atoms with E-state index in [4.69, 9.17) is 4.74 Å². The van der Waals surface area contributed by atoms with E-state index in [9.17, 15) is 0 Å². The summed E-state index contributed by atoms with van der Waals surface area (Å²) in [5.41, 5.74) is 0.659. The van der Waals surface area contributed by atoms with Gasteiger partial charge in [0.1, 0.15) is 0 Å². The highest BCUT2D eigenvalue weighted by atomic mass is 16.5. The number of hydrogen-bond donors (Lipinski definition) is 1. The molecule has 2 fully saturated rings. The topological polar surface area (TPSA) is 21.3 Å². The lowest BCUT2D eigenvalue weighted by Crippen LogP contribution is -2.49. The van der Waals surface area contributed by atoms with Crippen molar-refractivity contribution in [3.05, 3.63) is 0 Å². The summed E-state index contributed by atoms with van der Waals surface area (Å²) >= 11 is 0. The average molecular weight is 296 g/mol. The first-order valence-corrected chi connectivity index (χ1v) is 9.33. The van der Waals surface area contributed by atoms with Gasteiger partial charge in [0.15, 0.2) is 0 Å². The molecule has 0 aliphatic heterocycles. The van der Waals surface area contributed by atoms with Gasteiger partial charge in [-0.2, -0.15) is 0 Å². The van der Waals surface area contributed by atoms with Crippen LogP contribution in [-0.4, -0.2) is 24.8 Å². The Labute approximate surface area is 132 Å². The first kappa shape index (κ1) is 17.3. The molecule has 124 valence electrons. The molecule has 0 heterocycles. The van der Waals surface area contributed by atoms with Crippen LogP contribution < -0.4 is 5.32 Å². The van der Waals surface area contributed by atoms with Crippen LogP contribution in [0.2, 0.25) is 0 Å². The molecule has 21 heavy (non-hydrogen) atoms. The van der Waals surface area contributed by atoms with Crippen LogP contribution in [0.25, 0.3) is 0 Å². The van der Waals surface area contributed by atoms with Crippen LogP contribution in [0.4, 0.5) is 0 Å². The fourth-order valence-electron chi connectivity index (χ4n) is 4.26. The van der Waals surface area contributed by atoms with Gasteiger partial charge in [0.25, 0.3) is 0 Å². The zero-order valence-corrected chi connectivity index (χ0v) is 14.8. The van der Waals surface area contributed by atoms with Crippen LogP contribution in [0.3, 0.4) is 0 Å². The van der Waals surface area contributed by atoms with Gasteiger partial charge in [-0.05, 0) is 62.8 Å². The standard InChI is InChI=1S/C19H37NO/c1-5-13-20-15-19(10-6-7-16(2)14-19)21-17-8-11-18(3,4)12-9-17/h16-17,20H,5-15H2,1-4H3. The van der Waals surface area contributed by atoms with E-state index in [0.29, 0.717) is 11.5 Å². The fourth-order valence-corrected chi connectivity index (χ4v) is 4.26. The maximum Gasteiger partial charge on any atom is 0.0812 e. The van der Waals surface area contributed by atoms with Crippen molar-refractivity contribution in [3.8, 4) is 0 Å².